The molecule has 0 bridgehead atoms. The zero-order valence-electron chi connectivity index (χ0n) is 11.9. The third kappa shape index (κ3) is 4.15. The maximum atomic E-state index is 14.3. The normalized spacial score (nSPS) is 24.6. The molecule has 0 amide bonds. The molecule has 112 valence electrons. The molecule has 1 aliphatic rings. The van der Waals surface area contributed by atoms with Crippen molar-refractivity contribution in [3.63, 3.8) is 0 Å². The van der Waals surface area contributed by atoms with Crippen molar-refractivity contribution in [2.45, 2.75) is 36.8 Å². The molecule has 5 heteroatoms. The van der Waals surface area contributed by atoms with Crippen LogP contribution < -0.4 is 5.32 Å². The molecule has 2 rings (SSSR count). The predicted molar refractivity (Wildman–Crippen MR) is 93.3 cm³/mol. The van der Waals surface area contributed by atoms with Crippen molar-refractivity contribution in [2.75, 3.05) is 18.1 Å². The third-order valence-electron chi connectivity index (χ3n) is 3.47. The molecule has 3 atom stereocenters. The highest BCUT2D eigenvalue weighted by Crippen LogP contribution is 2.39. The first-order chi connectivity index (χ1) is 9.63. The Bertz CT molecular complexity index is 444. The fourth-order valence-electron chi connectivity index (χ4n) is 2.47. The van der Waals surface area contributed by atoms with E-state index < -0.39 is 0 Å². The van der Waals surface area contributed by atoms with E-state index in [1.807, 2.05) is 29.6 Å². The van der Waals surface area contributed by atoms with E-state index in [4.69, 9.17) is 0 Å². The summed E-state index contributed by atoms with van der Waals surface area (Å²) in [5.41, 5.74) is 0.791. The summed E-state index contributed by atoms with van der Waals surface area (Å²) in [4.78, 5) is 0. The van der Waals surface area contributed by atoms with Crippen LogP contribution in [0.15, 0.2) is 22.7 Å². The molecule has 1 heterocycles. The van der Waals surface area contributed by atoms with E-state index in [1.165, 1.54) is 5.75 Å². The molecule has 0 saturated carbocycles. The van der Waals surface area contributed by atoms with Gasteiger partial charge in [0.05, 0.1) is 0 Å². The fourth-order valence-corrected chi connectivity index (χ4v) is 5.79. The molecule has 20 heavy (non-hydrogen) atoms. The molecule has 0 radical (unpaired) electrons. The summed E-state index contributed by atoms with van der Waals surface area (Å²) in [6.45, 7) is 5.33. The minimum atomic E-state index is -0.106. The van der Waals surface area contributed by atoms with Crippen molar-refractivity contribution in [1.82, 2.24) is 5.32 Å². The maximum absolute atomic E-state index is 14.3. The highest BCUT2D eigenvalue weighted by atomic mass is 79.9. The summed E-state index contributed by atoms with van der Waals surface area (Å²) >= 11 is 7.44. The van der Waals surface area contributed by atoms with Crippen molar-refractivity contribution >= 4 is 39.5 Å². The standard InChI is InChI=1S/C15H21BrFNS2/c1-3-6-18-14(15-10(2)19-7-8-20-15)12-9-11(16)4-5-13(12)17/h4-5,9-10,14-15,18H,3,6-8H2,1-2H3. The van der Waals surface area contributed by atoms with Gasteiger partial charge in [-0.3, -0.25) is 0 Å². The second-order valence-electron chi connectivity index (χ2n) is 5.01. The summed E-state index contributed by atoms with van der Waals surface area (Å²) in [5.74, 6) is 2.24. The third-order valence-corrected chi connectivity index (χ3v) is 7.16. The number of hydrogen-bond acceptors (Lipinski definition) is 3. The van der Waals surface area contributed by atoms with Crippen LogP contribution in [0.4, 0.5) is 4.39 Å². The highest BCUT2D eigenvalue weighted by molar-refractivity contribution is 9.10. The monoisotopic (exact) mass is 377 g/mol. The molecule has 1 N–H and O–H groups in total. The van der Waals surface area contributed by atoms with Crippen LogP contribution in [-0.4, -0.2) is 28.6 Å². The van der Waals surface area contributed by atoms with Crippen LogP contribution in [0.2, 0.25) is 0 Å². The van der Waals surface area contributed by atoms with E-state index in [0.29, 0.717) is 10.5 Å². The largest absolute Gasteiger partial charge is 0.309 e. The van der Waals surface area contributed by atoms with Gasteiger partial charge in [-0.2, -0.15) is 23.5 Å². The Morgan fingerprint density at radius 2 is 2.15 bits per heavy atom. The van der Waals surface area contributed by atoms with Crippen LogP contribution in [0.1, 0.15) is 31.9 Å². The van der Waals surface area contributed by atoms with Gasteiger partial charge in [0, 0.05) is 38.1 Å². The maximum Gasteiger partial charge on any atom is 0.128 e. The second kappa shape index (κ2) is 8.06. The van der Waals surface area contributed by atoms with Crippen molar-refractivity contribution in [1.29, 1.82) is 0 Å². The first-order valence-corrected chi connectivity index (χ1v) is 9.94. The van der Waals surface area contributed by atoms with Gasteiger partial charge in [-0.05, 0) is 31.2 Å². The van der Waals surface area contributed by atoms with E-state index in [9.17, 15) is 4.39 Å². The molecule has 0 aliphatic carbocycles. The number of benzene rings is 1. The Morgan fingerprint density at radius 1 is 1.40 bits per heavy atom. The van der Waals surface area contributed by atoms with Crippen LogP contribution in [0.5, 0.6) is 0 Å². The van der Waals surface area contributed by atoms with Crippen molar-refractivity contribution < 1.29 is 4.39 Å². The van der Waals surface area contributed by atoms with E-state index in [1.54, 1.807) is 12.1 Å². The number of thioether (sulfide) groups is 2. The van der Waals surface area contributed by atoms with Gasteiger partial charge in [-0.25, -0.2) is 4.39 Å². The summed E-state index contributed by atoms with van der Waals surface area (Å²) < 4.78 is 15.2. The Balaban J connectivity index is 2.28. The molecule has 0 aromatic heterocycles. The average Bonchev–Trinajstić information content (AvgIpc) is 2.44. The average molecular weight is 378 g/mol. The van der Waals surface area contributed by atoms with E-state index in [0.717, 1.165) is 28.8 Å². The van der Waals surface area contributed by atoms with Crippen molar-refractivity contribution in [2.24, 2.45) is 0 Å². The van der Waals surface area contributed by atoms with Crippen LogP contribution in [-0.2, 0) is 0 Å². The highest BCUT2D eigenvalue weighted by Gasteiger charge is 2.32. The molecule has 0 spiro atoms. The predicted octanol–water partition coefficient (Wildman–Crippen LogP) is 4.87. The van der Waals surface area contributed by atoms with Gasteiger partial charge in [0.25, 0.3) is 0 Å². The SMILES string of the molecule is CCCNC(c1cc(Br)ccc1F)C1SCCSC1C. The number of rotatable bonds is 5. The molecule has 1 fully saturated rings. The Morgan fingerprint density at radius 3 is 2.85 bits per heavy atom. The molecular formula is C15H21BrFNS2. The zero-order chi connectivity index (χ0) is 14.5. The number of halogens is 2. The molecule has 1 nitrogen and oxygen atoms in total. The van der Waals surface area contributed by atoms with Gasteiger partial charge in [0.1, 0.15) is 5.82 Å². The van der Waals surface area contributed by atoms with Crippen LogP contribution in [0.25, 0.3) is 0 Å². The molecule has 1 aromatic rings. The molecule has 1 aliphatic heterocycles. The summed E-state index contributed by atoms with van der Waals surface area (Å²) in [5, 5.41) is 4.52. The fraction of sp³-hybridized carbons (Fsp3) is 0.600. The number of hydrogen-bond donors (Lipinski definition) is 1. The Hall–Kier alpha value is 0.290. The minimum Gasteiger partial charge on any atom is -0.309 e. The topological polar surface area (TPSA) is 12.0 Å². The second-order valence-corrected chi connectivity index (χ2v) is 8.70. The molecular weight excluding hydrogens is 357 g/mol. The first-order valence-electron chi connectivity index (χ1n) is 7.05. The van der Waals surface area contributed by atoms with E-state index in [-0.39, 0.29) is 11.9 Å². The van der Waals surface area contributed by atoms with Gasteiger partial charge in [-0.15, -0.1) is 0 Å². The Labute approximate surface area is 138 Å². The van der Waals surface area contributed by atoms with Crippen molar-refractivity contribution in [3.05, 3.63) is 34.1 Å². The van der Waals surface area contributed by atoms with Crippen LogP contribution in [0, 0.1) is 5.82 Å². The van der Waals surface area contributed by atoms with E-state index >= 15 is 0 Å². The lowest BCUT2D eigenvalue weighted by Crippen LogP contribution is -2.38. The Kier molecular flexibility index (Phi) is 6.72. The lowest BCUT2D eigenvalue weighted by molar-refractivity contribution is 0.481. The molecule has 3 unspecified atom stereocenters. The van der Waals surface area contributed by atoms with Crippen LogP contribution in [0.3, 0.4) is 0 Å². The smallest absolute Gasteiger partial charge is 0.128 e. The minimum absolute atomic E-state index is 0.0836. The number of nitrogens with one attached hydrogen (secondary N) is 1. The lowest BCUT2D eigenvalue weighted by Gasteiger charge is -2.35. The van der Waals surface area contributed by atoms with Gasteiger partial charge in [0.2, 0.25) is 0 Å². The summed E-state index contributed by atoms with van der Waals surface area (Å²) in [6.07, 6.45) is 1.06. The van der Waals surface area contributed by atoms with Crippen molar-refractivity contribution in [3.8, 4) is 0 Å². The quantitative estimate of drug-likeness (QED) is 0.786. The van der Waals surface area contributed by atoms with Gasteiger partial charge in [-0.1, -0.05) is 29.8 Å². The van der Waals surface area contributed by atoms with Crippen LogP contribution >= 0.6 is 39.5 Å². The zero-order valence-corrected chi connectivity index (χ0v) is 15.1. The first kappa shape index (κ1) is 16.7. The van der Waals surface area contributed by atoms with Gasteiger partial charge >= 0.3 is 0 Å². The van der Waals surface area contributed by atoms with E-state index in [2.05, 4.69) is 35.1 Å². The molecule has 1 aromatic carbocycles. The molecule has 1 saturated heterocycles. The lowest BCUT2D eigenvalue weighted by atomic mass is 10.0. The van der Waals surface area contributed by atoms with Gasteiger partial charge < -0.3 is 5.32 Å². The summed E-state index contributed by atoms with van der Waals surface area (Å²) in [7, 11) is 0. The summed E-state index contributed by atoms with van der Waals surface area (Å²) in [6, 6.07) is 5.34. The van der Waals surface area contributed by atoms with Gasteiger partial charge in [0.15, 0.2) is 0 Å².